The first-order chi connectivity index (χ1) is 11.1. The Labute approximate surface area is 138 Å². The summed E-state index contributed by atoms with van der Waals surface area (Å²) in [6.45, 7) is 10.8. The lowest BCUT2D eigenvalue weighted by molar-refractivity contribution is -0.139. The van der Waals surface area contributed by atoms with Crippen molar-refractivity contribution in [2.24, 2.45) is 0 Å². The third-order valence-corrected chi connectivity index (χ3v) is 3.49. The number of nitrogens with zero attached hydrogens (tertiary/aromatic N) is 1. The van der Waals surface area contributed by atoms with Gasteiger partial charge in [-0.05, 0) is 25.2 Å². The zero-order chi connectivity index (χ0) is 17.1. The van der Waals surface area contributed by atoms with E-state index in [-0.39, 0.29) is 18.6 Å². The Balaban J connectivity index is 2.24. The molecule has 1 aromatic rings. The highest BCUT2D eigenvalue weighted by atomic mass is 16.5. The largest absolute Gasteiger partial charge is 0.491 e. The predicted octanol–water partition coefficient (Wildman–Crippen LogP) is 2.26. The van der Waals surface area contributed by atoms with E-state index in [0.717, 1.165) is 13.1 Å². The summed E-state index contributed by atoms with van der Waals surface area (Å²) in [6.07, 6.45) is -0.658. The average molecular weight is 321 g/mol. The molecule has 0 bridgehead atoms. The molecular formula is C18H27NO4. The van der Waals surface area contributed by atoms with Crippen molar-refractivity contribution in [2.75, 3.05) is 32.8 Å². The molecule has 1 rings (SSSR count). The van der Waals surface area contributed by atoms with Crippen LogP contribution in [-0.2, 0) is 9.53 Å². The lowest BCUT2D eigenvalue weighted by Gasteiger charge is -2.18. The predicted molar refractivity (Wildman–Crippen MR) is 90.4 cm³/mol. The van der Waals surface area contributed by atoms with Crippen molar-refractivity contribution in [1.82, 2.24) is 4.90 Å². The Morgan fingerprint density at radius 3 is 2.52 bits per heavy atom. The number of rotatable bonds is 11. The molecule has 1 N–H and O–H groups in total. The maximum atomic E-state index is 11.8. The van der Waals surface area contributed by atoms with Crippen LogP contribution in [0.5, 0.6) is 5.75 Å². The fourth-order valence-corrected chi connectivity index (χ4v) is 2.05. The molecular weight excluding hydrogens is 294 g/mol. The van der Waals surface area contributed by atoms with Gasteiger partial charge in [0.15, 0.2) is 0 Å². The number of carbonyl (C=O) groups is 1. The maximum absolute atomic E-state index is 11.8. The molecule has 0 spiro atoms. The van der Waals surface area contributed by atoms with Gasteiger partial charge in [0.25, 0.3) is 0 Å². The molecule has 128 valence electrons. The van der Waals surface area contributed by atoms with Gasteiger partial charge < -0.3 is 19.5 Å². The summed E-state index contributed by atoms with van der Waals surface area (Å²) in [4.78, 5) is 14.0. The highest BCUT2D eigenvalue weighted by molar-refractivity contribution is 5.87. The van der Waals surface area contributed by atoms with Crippen LogP contribution < -0.4 is 4.74 Å². The van der Waals surface area contributed by atoms with Gasteiger partial charge in [-0.2, -0.15) is 0 Å². The summed E-state index contributed by atoms with van der Waals surface area (Å²) >= 11 is 0. The molecule has 1 atom stereocenters. The van der Waals surface area contributed by atoms with Gasteiger partial charge in [0.05, 0.1) is 6.10 Å². The zero-order valence-corrected chi connectivity index (χ0v) is 14.0. The van der Waals surface area contributed by atoms with E-state index in [1.807, 2.05) is 30.3 Å². The highest BCUT2D eigenvalue weighted by Gasteiger charge is 2.15. The van der Waals surface area contributed by atoms with Gasteiger partial charge in [0.1, 0.15) is 19.0 Å². The van der Waals surface area contributed by atoms with Crippen LogP contribution in [0, 0.1) is 0 Å². The molecule has 0 aliphatic rings. The van der Waals surface area contributed by atoms with Crippen LogP contribution in [0.25, 0.3) is 0 Å². The molecule has 5 heteroatoms. The van der Waals surface area contributed by atoms with Gasteiger partial charge in [0.2, 0.25) is 0 Å². The average Bonchev–Trinajstić information content (AvgIpc) is 2.57. The van der Waals surface area contributed by atoms with E-state index in [9.17, 15) is 9.90 Å². The molecule has 0 amide bonds. The fraction of sp³-hybridized carbons (Fsp3) is 0.500. The summed E-state index contributed by atoms with van der Waals surface area (Å²) in [5, 5.41) is 9.92. The zero-order valence-electron chi connectivity index (χ0n) is 14.0. The van der Waals surface area contributed by atoms with Crippen LogP contribution in [-0.4, -0.2) is 54.9 Å². The first-order valence-corrected chi connectivity index (χ1v) is 8.00. The number of benzene rings is 1. The summed E-state index contributed by atoms with van der Waals surface area (Å²) < 4.78 is 10.6. The standard InChI is InChI=1S/C18H27NO4/c1-4-19(5-2)11-12-22-18(21)15(3)13-16(20)14-23-17-9-7-6-8-10-17/h6-10,16,20H,3-5,11-14H2,1-2H3. The van der Waals surface area contributed by atoms with Crippen LogP contribution in [0.2, 0.25) is 0 Å². The first-order valence-electron chi connectivity index (χ1n) is 8.00. The summed E-state index contributed by atoms with van der Waals surface area (Å²) in [5.41, 5.74) is 0.258. The van der Waals surface area contributed by atoms with Gasteiger partial charge in [0, 0.05) is 18.5 Å². The molecule has 0 radical (unpaired) electrons. The van der Waals surface area contributed by atoms with E-state index in [4.69, 9.17) is 9.47 Å². The van der Waals surface area contributed by atoms with E-state index < -0.39 is 12.1 Å². The Bertz CT molecular complexity index is 471. The number of ether oxygens (including phenoxy) is 2. The lowest BCUT2D eigenvalue weighted by Crippen LogP contribution is -2.28. The molecule has 0 saturated carbocycles. The normalized spacial score (nSPS) is 12.0. The third-order valence-electron chi connectivity index (χ3n) is 3.49. The number of carbonyl (C=O) groups excluding carboxylic acids is 1. The summed E-state index contributed by atoms with van der Waals surface area (Å²) in [7, 11) is 0. The van der Waals surface area contributed by atoms with Gasteiger partial charge in [-0.1, -0.05) is 38.6 Å². The Morgan fingerprint density at radius 2 is 1.91 bits per heavy atom. The Morgan fingerprint density at radius 1 is 1.26 bits per heavy atom. The molecule has 0 aliphatic heterocycles. The second-order valence-electron chi connectivity index (χ2n) is 5.25. The van der Waals surface area contributed by atoms with Gasteiger partial charge >= 0.3 is 5.97 Å². The topological polar surface area (TPSA) is 59.0 Å². The van der Waals surface area contributed by atoms with Crippen molar-refractivity contribution in [3.63, 3.8) is 0 Å². The number of likely N-dealkylation sites (N-methyl/N-ethyl adjacent to an activating group) is 1. The van der Waals surface area contributed by atoms with Crippen molar-refractivity contribution >= 4 is 5.97 Å². The van der Waals surface area contributed by atoms with Gasteiger partial charge in [-0.3, -0.25) is 0 Å². The summed E-state index contributed by atoms with van der Waals surface area (Å²) in [6, 6.07) is 9.22. The Kier molecular flexibility index (Phi) is 9.02. The van der Waals surface area contributed by atoms with E-state index in [1.165, 1.54) is 0 Å². The molecule has 1 aromatic carbocycles. The monoisotopic (exact) mass is 321 g/mol. The number of esters is 1. The number of aliphatic hydroxyl groups excluding tert-OH is 1. The van der Waals surface area contributed by atoms with E-state index in [2.05, 4.69) is 25.3 Å². The van der Waals surface area contributed by atoms with E-state index in [0.29, 0.717) is 18.9 Å². The van der Waals surface area contributed by atoms with Crippen molar-refractivity contribution < 1.29 is 19.4 Å². The molecule has 0 saturated heterocycles. The van der Waals surface area contributed by atoms with Gasteiger partial charge in [-0.15, -0.1) is 0 Å². The van der Waals surface area contributed by atoms with Crippen molar-refractivity contribution in [3.05, 3.63) is 42.5 Å². The molecule has 1 unspecified atom stereocenters. The Hall–Kier alpha value is -1.85. The summed E-state index contributed by atoms with van der Waals surface area (Å²) in [5.74, 6) is 0.217. The van der Waals surface area contributed by atoms with Crippen LogP contribution in [0.15, 0.2) is 42.5 Å². The van der Waals surface area contributed by atoms with Crippen LogP contribution in [0.4, 0.5) is 0 Å². The number of para-hydroxylation sites is 1. The number of hydrogen-bond acceptors (Lipinski definition) is 5. The van der Waals surface area contributed by atoms with Crippen LogP contribution >= 0.6 is 0 Å². The SMILES string of the molecule is C=C(CC(O)COc1ccccc1)C(=O)OCCN(CC)CC. The van der Waals surface area contributed by atoms with Crippen molar-refractivity contribution in [3.8, 4) is 5.75 Å². The molecule has 0 fully saturated rings. The lowest BCUT2D eigenvalue weighted by atomic mass is 10.1. The fourth-order valence-electron chi connectivity index (χ4n) is 2.05. The molecule has 0 aromatic heterocycles. The smallest absolute Gasteiger partial charge is 0.333 e. The molecule has 5 nitrogen and oxygen atoms in total. The molecule has 23 heavy (non-hydrogen) atoms. The van der Waals surface area contributed by atoms with E-state index in [1.54, 1.807) is 0 Å². The second kappa shape index (κ2) is 10.8. The van der Waals surface area contributed by atoms with Crippen molar-refractivity contribution in [1.29, 1.82) is 0 Å². The molecule has 0 aliphatic carbocycles. The van der Waals surface area contributed by atoms with Crippen molar-refractivity contribution in [2.45, 2.75) is 26.4 Å². The van der Waals surface area contributed by atoms with Gasteiger partial charge in [-0.25, -0.2) is 4.79 Å². The minimum absolute atomic E-state index is 0.107. The first kappa shape index (κ1) is 19.2. The van der Waals surface area contributed by atoms with E-state index >= 15 is 0 Å². The maximum Gasteiger partial charge on any atom is 0.333 e. The number of hydrogen-bond donors (Lipinski definition) is 1. The van der Waals surface area contributed by atoms with Crippen LogP contribution in [0.3, 0.4) is 0 Å². The van der Waals surface area contributed by atoms with Crippen LogP contribution in [0.1, 0.15) is 20.3 Å². The highest BCUT2D eigenvalue weighted by Crippen LogP contribution is 2.11. The quantitative estimate of drug-likeness (QED) is 0.500. The second-order valence-corrected chi connectivity index (χ2v) is 5.25. The third kappa shape index (κ3) is 7.81. The molecule has 0 heterocycles. The minimum Gasteiger partial charge on any atom is -0.491 e. The minimum atomic E-state index is -0.793. The number of aliphatic hydroxyl groups is 1.